The van der Waals surface area contributed by atoms with Gasteiger partial charge in [-0.1, -0.05) is 17.7 Å². The summed E-state index contributed by atoms with van der Waals surface area (Å²) in [6.07, 6.45) is 1.32. The average Bonchev–Trinajstić information content (AvgIpc) is 3.14. The lowest BCUT2D eigenvalue weighted by Crippen LogP contribution is -2.17. The van der Waals surface area contributed by atoms with Gasteiger partial charge in [-0.05, 0) is 49.7 Å². The van der Waals surface area contributed by atoms with Crippen molar-refractivity contribution in [2.75, 3.05) is 12.4 Å². The highest BCUT2D eigenvalue weighted by atomic mass is 16.5. The van der Waals surface area contributed by atoms with E-state index in [0.717, 1.165) is 27.9 Å². The molecule has 1 aromatic heterocycles. The minimum Gasteiger partial charge on any atom is -0.469 e. The van der Waals surface area contributed by atoms with Gasteiger partial charge in [0.15, 0.2) is 0 Å². The van der Waals surface area contributed by atoms with Crippen LogP contribution in [-0.2, 0) is 14.3 Å². The molecule has 0 aliphatic heterocycles. The molecule has 1 heterocycles. The van der Waals surface area contributed by atoms with Gasteiger partial charge in [-0.2, -0.15) is 0 Å². The summed E-state index contributed by atoms with van der Waals surface area (Å²) >= 11 is 0. The number of hydrogen-bond donors (Lipinski definition) is 1. The van der Waals surface area contributed by atoms with E-state index in [1.165, 1.54) is 7.11 Å². The molecule has 138 valence electrons. The van der Waals surface area contributed by atoms with E-state index in [-0.39, 0.29) is 6.42 Å². The second-order valence-corrected chi connectivity index (χ2v) is 6.23. The number of hydrogen-bond acceptors (Lipinski definition) is 5. The maximum absolute atomic E-state index is 11.7. The van der Waals surface area contributed by atoms with Gasteiger partial charge < -0.3 is 14.5 Å². The van der Waals surface area contributed by atoms with E-state index in [1.807, 2.05) is 13.8 Å². The van der Waals surface area contributed by atoms with E-state index >= 15 is 0 Å². The van der Waals surface area contributed by atoms with Crippen LogP contribution in [0.2, 0.25) is 0 Å². The van der Waals surface area contributed by atoms with Gasteiger partial charge in [0.25, 0.3) is 0 Å². The normalized spacial score (nSPS) is 10.5. The lowest BCUT2D eigenvalue weighted by atomic mass is 10.0. The van der Waals surface area contributed by atoms with Gasteiger partial charge in [0.2, 0.25) is 11.8 Å². The molecule has 3 rings (SSSR count). The van der Waals surface area contributed by atoms with Crippen LogP contribution in [-0.4, -0.2) is 24.0 Å². The molecule has 2 aromatic carbocycles. The molecular weight excluding hydrogens is 344 g/mol. The summed E-state index contributed by atoms with van der Waals surface area (Å²) in [5.74, 6) is -0.510. The first-order chi connectivity index (χ1) is 13.0. The van der Waals surface area contributed by atoms with Crippen molar-refractivity contribution in [2.24, 2.45) is 0 Å². The van der Waals surface area contributed by atoms with Crippen molar-refractivity contribution < 1.29 is 18.7 Å². The third-order valence-electron chi connectivity index (χ3n) is 4.12. The number of nitrogens with zero attached hydrogens (tertiary/aromatic N) is 1. The van der Waals surface area contributed by atoms with Gasteiger partial charge in [0.1, 0.15) is 18.4 Å². The monoisotopic (exact) mass is 364 g/mol. The molecule has 27 heavy (non-hydrogen) atoms. The number of anilines is 1. The lowest BCUT2D eigenvalue weighted by molar-refractivity contribution is -0.142. The van der Waals surface area contributed by atoms with E-state index < -0.39 is 11.9 Å². The largest absolute Gasteiger partial charge is 0.469 e. The standard InChI is InChI=1S/C21H20N2O4/c1-13-4-5-14(2)17(10-13)18-12-27-21(23-18)15-6-8-16(9-7-15)22-19(24)11-20(25)26-3/h4-10,12H,11H2,1-3H3,(H,22,24). The number of carbonyl (C=O) groups excluding carboxylic acids is 2. The molecule has 1 N–H and O–H groups in total. The zero-order chi connectivity index (χ0) is 19.4. The Bertz CT molecular complexity index is 974. The molecule has 0 fully saturated rings. The second-order valence-electron chi connectivity index (χ2n) is 6.23. The number of oxazole rings is 1. The smallest absolute Gasteiger partial charge is 0.315 e. The Hall–Kier alpha value is -3.41. The highest BCUT2D eigenvalue weighted by Crippen LogP contribution is 2.28. The molecule has 0 saturated heterocycles. The summed E-state index contributed by atoms with van der Waals surface area (Å²) in [5.41, 5.74) is 5.47. The minimum absolute atomic E-state index is 0.322. The molecule has 0 bridgehead atoms. The van der Waals surface area contributed by atoms with E-state index in [9.17, 15) is 9.59 Å². The topological polar surface area (TPSA) is 81.4 Å². The van der Waals surface area contributed by atoms with Crippen molar-refractivity contribution in [3.63, 3.8) is 0 Å². The predicted octanol–water partition coefficient (Wildman–Crippen LogP) is 4.13. The van der Waals surface area contributed by atoms with E-state index in [1.54, 1.807) is 30.5 Å². The number of methoxy groups -OCH3 is 1. The zero-order valence-electron chi connectivity index (χ0n) is 15.4. The number of esters is 1. The maximum Gasteiger partial charge on any atom is 0.315 e. The first kappa shape index (κ1) is 18.4. The van der Waals surface area contributed by atoms with Crippen LogP contribution >= 0.6 is 0 Å². The molecule has 0 aliphatic carbocycles. The number of amides is 1. The van der Waals surface area contributed by atoms with Crippen LogP contribution in [0.25, 0.3) is 22.7 Å². The number of nitrogens with one attached hydrogen (secondary N) is 1. The van der Waals surface area contributed by atoms with Crippen LogP contribution in [0.4, 0.5) is 5.69 Å². The Morgan fingerprint density at radius 1 is 1.11 bits per heavy atom. The molecule has 0 radical (unpaired) electrons. The average molecular weight is 364 g/mol. The van der Waals surface area contributed by atoms with Gasteiger partial charge >= 0.3 is 5.97 Å². The first-order valence-electron chi connectivity index (χ1n) is 8.46. The highest BCUT2D eigenvalue weighted by molar-refractivity contribution is 6.01. The van der Waals surface area contributed by atoms with Gasteiger partial charge in [-0.25, -0.2) is 4.98 Å². The second kappa shape index (κ2) is 7.86. The Kier molecular flexibility index (Phi) is 5.35. The molecular formula is C21H20N2O4. The molecule has 0 saturated carbocycles. The fourth-order valence-electron chi connectivity index (χ4n) is 2.65. The fraction of sp³-hybridized carbons (Fsp3) is 0.190. The molecule has 6 nitrogen and oxygen atoms in total. The van der Waals surface area contributed by atoms with Crippen LogP contribution in [0.3, 0.4) is 0 Å². The third kappa shape index (κ3) is 4.41. The van der Waals surface area contributed by atoms with E-state index in [0.29, 0.717) is 11.6 Å². The van der Waals surface area contributed by atoms with E-state index in [4.69, 9.17) is 4.42 Å². The van der Waals surface area contributed by atoms with Crippen molar-refractivity contribution in [1.82, 2.24) is 4.98 Å². The molecule has 0 aliphatic rings. The maximum atomic E-state index is 11.7. The lowest BCUT2D eigenvalue weighted by Gasteiger charge is -2.05. The molecule has 3 aromatic rings. The van der Waals surface area contributed by atoms with Crippen molar-refractivity contribution >= 4 is 17.6 Å². The van der Waals surface area contributed by atoms with Crippen LogP contribution in [0.15, 0.2) is 53.1 Å². The number of aryl methyl sites for hydroxylation is 2. The number of benzene rings is 2. The highest BCUT2D eigenvalue weighted by Gasteiger charge is 2.12. The zero-order valence-corrected chi connectivity index (χ0v) is 15.4. The number of rotatable bonds is 5. The van der Waals surface area contributed by atoms with Crippen molar-refractivity contribution in [3.05, 3.63) is 59.9 Å². The van der Waals surface area contributed by atoms with Crippen LogP contribution in [0, 0.1) is 13.8 Å². The third-order valence-corrected chi connectivity index (χ3v) is 4.12. The van der Waals surface area contributed by atoms with Crippen molar-refractivity contribution in [3.8, 4) is 22.7 Å². The van der Waals surface area contributed by atoms with Gasteiger partial charge in [0, 0.05) is 16.8 Å². The van der Waals surface area contributed by atoms with Gasteiger partial charge in [-0.3, -0.25) is 9.59 Å². The van der Waals surface area contributed by atoms with Crippen molar-refractivity contribution in [1.29, 1.82) is 0 Å². The molecule has 0 atom stereocenters. The summed E-state index contributed by atoms with van der Waals surface area (Å²) in [7, 11) is 1.24. The Labute approximate surface area is 157 Å². The Balaban J connectivity index is 1.74. The summed E-state index contributed by atoms with van der Waals surface area (Å²) in [4.78, 5) is 27.4. The van der Waals surface area contributed by atoms with Gasteiger partial charge in [-0.15, -0.1) is 0 Å². The molecule has 0 spiro atoms. The quantitative estimate of drug-likeness (QED) is 0.544. The number of carbonyl (C=O) groups is 2. The summed E-state index contributed by atoms with van der Waals surface area (Å²) in [6.45, 7) is 4.08. The summed E-state index contributed by atoms with van der Waals surface area (Å²) < 4.78 is 10.1. The van der Waals surface area contributed by atoms with Gasteiger partial charge in [0.05, 0.1) is 7.11 Å². The Morgan fingerprint density at radius 2 is 1.85 bits per heavy atom. The molecule has 6 heteroatoms. The Morgan fingerprint density at radius 3 is 2.56 bits per heavy atom. The summed E-state index contributed by atoms with van der Waals surface area (Å²) in [6, 6.07) is 13.3. The molecule has 0 unspecified atom stereocenters. The van der Waals surface area contributed by atoms with Crippen LogP contribution in [0.1, 0.15) is 17.5 Å². The fourth-order valence-corrected chi connectivity index (χ4v) is 2.65. The predicted molar refractivity (Wildman–Crippen MR) is 102 cm³/mol. The minimum atomic E-state index is -0.581. The number of ether oxygens (including phenoxy) is 1. The summed E-state index contributed by atoms with van der Waals surface area (Å²) in [5, 5.41) is 2.64. The van der Waals surface area contributed by atoms with Crippen LogP contribution < -0.4 is 5.32 Å². The first-order valence-corrected chi connectivity index (χ1v) is 8.46. The molecule has 1 amide bonds. The van der Waals surface area contributed by atoms with Crippen molar-refractivity contribution in [2.45, 2.75) is 20.3 Å². The number of aromatic nitrogens is 1. The van der Waals surface area contributed by atoms with E-state index in [2.05, 4.69) is 33.2 Å². The van der Waals surface area contributed by atoms with Crippen LogP contribution in [0.5, 0.6) is 0 Å². The SMILES string of the molecule is COC(=O)CC(=O)Nc1ccc(-c2nc(-c3cc(C)ccc3C)co2)cc1.